The Hall–Kier alpha value is -2.01. The highest BCUT2D eigenvalue weighted by molar-refractivity contribution is 5.44. The molecule has 2 aliphatic heterocycles. The van der Waals surface area contributed by atoms with Gasteiger partial charge in [0.05, 0.1) is 12.0 Å². The first kappa shape index (κ1) is 17.4. The average molecular weight is 355 g/mol. The van der Waals surface area contributed by atoms with E-state index in [0.717, 1.165) is 31.0 Å². The van der Waals surface area contributed by atoms with Crippen LogP contribution in [0.15, 0.2) is 30.7 Å². The van der Waals surface area contributed by atoms with Crippen molar-refractivity contribution in [1.29, 1.82) is 0 Å². The van der Waals surface area contributed by atoms with Crippen LogP contribution in [-0.4, -0.2) is 34.3 Å². The molecule has 1 aromatic carbocycles. The molecule has 1 aromatic heterocycles. The first-order chi connectivity index (χ1) is 12.5. The zero-order valence-corrected chi connectivity index (χ0v) is 16.1. The third-order valence-electron chi connectivity index (χ3n) is 5.62. The van der Waals surface area contributed by atoms with Gasteiger partial charge in [-0.2, -0.15) is 0 Å². The molecule has 0 saturated carbocycles. The number of hydrogen-bond donors (Lipinski definition) is 0. The number of benzene rings is 1. The van der Waals surface area contributed by atoms with Gasteiger partial charge >= 0.3 is 0 Å². The lowest BCUT2D eigenvalue weighted by atomic mass is 9.77. The number of likely N-dealkylation sites (tertiary alicyclic amines) is 1. The molecule has 1 saturated heterocycles. The second kappa shape index (κ2) is 6.95. The van der Waals surface area contributed by atoms with Gasteiger partial charge < -0.3 is 14.0 Å². The SMILES string of the molecule is CC(C)n1cncc1CN1CCC[C@@](C)(Cc2ccc3c(c2)OCO3)C1. The predicted molar refractivity (Wildman–Crippen MR) is 101 cm³/mol. The molecule has 1 atom stereocenters. The summed E-state index contributed by atoms with van der Waals surface area (Å²) in [4.78, 5) is 6.95. The van der Waals surface area contributed by atoms with Crippen LogP contribution in [0.25, 0.3) is 0 Å². The first-order valence-electron chi connectivity index (χ1n) is 9.64. The number of fused-ring (bicyclic) bond motifs is 1. The van der Waals surface area contributed by atoms with Crippen molar-refractivity contribution in [2.75, 3.05) is 19.9 Å². The van der Waals surface area contributed by atoms with Crippen LogP contribution >= 0.6 is 0 Å². The maximum atomic E-state index is 5.55. The summed E-state index contributed by atoms with van der Waals surface area (Å²) in [6.07, 6.45) is 7.56. The Balaban J connectivity index is 1.44. The van der Waals surface area contributed by atoms with E-state index in [1.165, 1.54) is 30.6 Å². The monoisotopic (exact) mass is 355 g/mol. The topological polar surface area (TPSA) is 39.5 Å². The standard InChI is InChI=1S/C21H29N3O2/c1-16(2)24-14-22-11-18(24)12-23-8-4-7-21(3,13-23)10-17-5-6-19-20(9-17)26-15-25-19/h5-6,9,11,14,16H,4,7-8,10,12-13,15H2,1-3H3/t21-/m0/s1. The summed E-state index contributed by atoms with van der Waals surface area (Å²) in [5, 5.41) is 0. The van der Waals surface area contributed by atoms with Crippen LogP contribution in [0.3, 0.4) is 0 Å². The molecule has 0 bridgehead atoms. The number of aromatic nitrogens is 2. The van der Waals surface area contributed by atoms with Gasteiger partial charge in [0, 0.05) is 25.3 Å². The summed E-state index contributed by atoms with van der Waals surface area (Å²) in [5.74, 6) is 1.76. The lowest BCUT2D eigenvalue weighted by Crippen LogP contribution is -2.42. The summed E-state index contributed by atoms with van der Waals surface area (Å²) in [6.45, 7) is 10.5. The third-order valence-corrected chi connectivity index (χ3v) is 5.62. The maximum absolute atomic E-state index is 5.55. The van der Waals surface area contributed by atoms with E-state index in [1.807, 2.05) is 18.6 Å². The van der Waals surface area contributed by atoms with Crippen molar-refractivity contribution in [3.05, 3.63) is 42.0 Å². The molecule has 140 valence electrons. The third kappa shape index (κ3) is 3.58. The number of piperidine rings is 1. The van der Waals surface area contributed by atoms with E-state index in [1.54, 1.807) is 0 Å². The molecule has 5 heteroatoms. The minimum Gasteiger partial charge on any atom is -0.454 e. The van der Waals surface area contributed by atoms with Crippen molar-refractivity contribution in [2.45, 2.75) is 52.6 Å². The van der Waals surface area contributed by atoms with Gasteiger partial charge in [-0.3, -0.25) is 4.90 Å². The molecule has 0 radical (unpaired) electrons. The van der Waals surface area contributed by atoms with Gasteiger partial charge in [-0.1, -0.05) is 13.0 Å². The van der Waals surface area contributed by atoms with Crippen LogP contribution in [0.4, 0.5) is 0 Å². The highest BCUT2D eigenvalue weighted by atomic mass is 16.7. The zero-order chi connectivity index (χ0) is 18.1. The van der Waals surface area contributed by atoms with Crippen molar-refractivity contribution < 1.29 is 9.47 Å². The van der Waals surface area contributed by atoms with Crippen LogP contribution in [0.1, 0.15) is 50.9 Å². The average Bonchev–Trinajstić information content (AvgIpc) is 3.23. The Morgan fingerprint density at radius 3 is 2.92 bits per heavy atom. The van der Waals surface area contributed by atoms with Gasteiger partial charge in [-0.05, 0) is 62.8 Å². The summed E-state index contributed by atoms with van der Waals surface area (Å²) in [7, 11) is 0. The fraction of sp³-hybridized carbons (Fsp3) is 0.571. The van der Waals surface area contributed by atoms with Crippen molar-refractivity contribution in [2.24, 2.45) is 5.41 Å². The highest BCUT2D eigenvalue weighted by Gasteiger charge is 2.32. The number of rotatable bonds is 5. The fourth-order valence-electron chi connectivity index (χ4n) is 4.40. The Bertz CT molecular complexity index is 770. The Labute approximate surface area is 155 Å². The fourth-order valence-corrected chi connectivity index (χ4v) is 4.40. The van der Waals surface area contributed by atoms with E-state index in [2.05, 4.69) is 47.4 Å². The Kier molecular flexibility index (Phi) is 4.65. The molecule has 26 heavy (non-hydrogen) atoms. The Morgan fingerprint density at radius 1 is 1.23 bits per heavy atom. The lowest BCUT2D eigenvalue weighted by Gasteiger charge is -2.41. The van der Waals surface area contributed by atoms with Gasteiger partial charge in [0.2, 0.25) is 6.79 Å². The van der Waals surface area contributed by atoms with E-state index >= 15 is 0 Å². The molecular weight excluding hydrogens is 326 g/mol. The van der Waals surface area contributed by atoms with Crippen molar-refractivity contribution in [1.82, 2.24) is 14.5 Å². The minimum atomic E-state index is 0.286. The summed E-state index contributed by atoms with van der Waals surface area (Å²) >= 11 is 0. The molecule has 0 spiro atoms. The zero-order valence-electron chi connectivity index (χ0n) is 16.1. The van der Waals surface area contributed by atoms with E-state index in [9.17, 15) is 0 Å². The molecule has 4 rings (SSSR count). The van der Waals surface area contributed by atoms with Crippen molar-refractivity contribution in [3.8, 4) is 11.5 Å². The molecule has 0 N–H and O–H groups in total. The molecule has 0 aliphatic carbocycles. The number of hydrogen-bond acceptors (Lipinski definition) is 4. The van der Waals surface area contributed by atoms with Crippen molar-refractivity contribution >= 4 is 0 Å². The van der Waals surface area contributed by atoms with Crippen LogP contribution in [0.5, 0.6) is 11.5 Å². The Morgan fingerprint density at radius 2 is 2.08 bits per heavy atom. The van der Waals surface area contributed by atoms with Crippen LogP contribution in [0.2, 0.25) is 0 Å². The molecule has 0 amide bonds. The normalized spacial score (nSPS) is 22.9. The lowest BCUT2D eigenvalue weighted by molar-refractivity contribution is 0.0947. The van der Waals surface area contributed by atoms with Gasteiger partial charge in [-0.15, -0.1) is 0 Å². The number of imidazole rings is 1. The molecule has 2 aliphatic rings. The molecule has 0 unspecified atom stereocenters. The van der Waals surface area contributed by atoms with Gasteiger partial charge in [0.15, 0.2) is 11.5 Å². The second-order valence-corrected chi connectivity index (χ2v) is 8.38. The molecule has 2 aromatic rings. The molecule has 1 fully saturated rings. The van der Waals surface area contributed by atoms with Crippen LogP contribution in [-0.2, 0) is 13.0 Å². The maximum Gasteiger partial charge on any atom is 0.231 e. The first-order valence-corrected chi connectivity index (χ1v) is 9.64. The summed E-state index contributed by atoms with van der Waals surface area (Å²) < 4.78 is 13.3. The smallest absolute Gasteiger partial charge is 0.231 e. The quantitative estimate of drug-likeness (QED) is 0.811. The van der Waals surface area contributed by atoms with E-state index in [-0.39, 0.29) is 5.41 Å². The molecule has 5 nitrogen and oxygen atoms in total. The molecular formula is C21H29N3O2. The van der Waals surface area contributed by atoms with Crippen LogP contribution < -0.4 is 9.47 Å². The van der Waals surface area contributed by atoms with E-state index in [4.69, 9.17) is 9.47 Å². The van der Waals surface area contributed by atoms with E-state index < -0.39 is 0 Å². The van der Waals surface area contributed by atoms with E-state index in [0.29, 0.717) is 12.8 Å². The van der Waals surface area contributed by atoms with Gasteiger partial charge in [0.25, 0.3) is 0 Å². The van der Waals surface area contributed by atoms with Crippen LogP contribution in [0, 0.1) is 5.41 Å². The number of nitrogens with zero attached hydrogens (tertiary/aromatic N) is 3. The van der Waals surface area contributed by atoms with Gasteiger partial charge in [-0.25, -0.2) is 4.98 Å². The summed E-state index contributed by atoms with van der Waals surface area (Å²) in [5.41, 5.74) is 2.94. The highest BCUT2D eigenvalue weighted by Crippen LogP contribution is 2.37. The predicted octanol–water partition coefficient (Wildman–Crippen LogP) is 4.04. The minimum absolute atomic E-state index is 0.286. The van der Waals surface area contributed by atoms with Gasteiger partial charge in [0.1, 0.15) is 0 Å². The number of ether oxygens (including phenoxy) is 2. The largest absolute Gasteiger partial charge is 0.454 e. The second-order valence-electron chi connectivity index (χ2n) is 8.38. The molecule has 3 heterocycles. The summed E-state index contributed by atoms with van der Waals surface area (Å²) in [6, 6.07) is 6.84. The van der Waals surface area contributed by atoms with Crippen molar-refractivity contribution in [3.63, 3.8) is 0 Å².